The van der Waals surface area contributed by atoms with Crippen LogP contribution in [0.25, 0.3) is 0 Å². The second-order valence-corrected chi connectivity index (χ2v) is 5.36. The van der Waals surface area contributed by atoms with Crippen LogP contribution < -0.4 is 0 Å². The Bertz CT molecular complexity index is 547. The van der Waals surface area contributed by atoms with E-state index in [0.717, 1.165) is 13.1 Å². The van der Waals surface area contributed by atoms with Crippen molar-refractivity contribution in [2.75, 3.05) is 13.1 Å². The highest BCUT2D eigenvalue weighted by Crippen LogP contribution is 2.48. The van der Waals surface area contributed by atoms with Crippen LogP contribution >= 0.6 is 0 Å². The first-order chi connectivity index (χ1) is 8.63. The van der Waals surface area contributed by atoms with Gasteiger partial charge in [-0.25, -0.2) is 0 Å². The minimum absolute atomic E-state index is 0.0379. The topological polar surface area (TPSA) is 64.3 Å². The first-order valence-electron chi connectivity index (χ1n) is 6.16. The van der Waals surface area contributed by atoms with E-state index in [2.05, 4.69) is 0 Å². The third kappa shape index (κ3) is 1.55. The summed E-state index contributed by atoms with van der Waals surface area (Å²) in [4.78, 5) is 14.0. The lowest BCUT2D eigenvalue weighted by atomic mass is 9.63. The number of nitrogens with zero attached hydrogens (tertiary/aromatic N) is 2. The number of carbonyl (C=O) groups excluding carboxylic acids is 1. The minimum atomic E-state index is -0.0758. The lowest BCUT2D eigenvalue weighted by molar-refractivity contribution is -0.0426. The average molecular weight is 242 g/mol. The third-order valence-electron chi connectivity index (χ3n) is 4.12. The van der Waals surface area contributed by atoms with E-state index in [1.54, 1.807) is 6.07 Å². The average Bonchev–Trinajstić information content (AvgIpc) is 2.25. The van der Waals surface area contributed by atoms with Crippen molar-refractivity contribution in [3.05, 3.63) is 29.3 Å². The largest absolute Gasteiger partial charge is 0.507 e. The molecule has 4 nitrogen and oxygen atoms in total. The van der Waals surface area contributed by atoms with Gasteiger partial charge in [-0.1, -0.05) is 6.42 Å². The van der Waals surface area contributed by atoms with Gasteiger partial charge in [0.25, 0.3) is 5.91 Å². The zero-order chi connectivity index (χ0) is 12.8. The predicted molar refractivity (Wildman–Crippen MR) is 65.0 cm³/mol. The van der Waals surface area contributed by atoms with Crippen molar-refractivity contribution >= 4 is 5.91 Å². The maximum Gasteiger partial charge on any atom is 0.253 e. The fourth-order valence-corrected chi connectivity index (χ4v) is 2.84. The Morgan fingerprint density at radius 2 is 2.11 bits per heavy atom. The summed E-state index contributed by atoms with van der Waals surface area (Å²) in [6, 6.07) is 6.33. The van der Waals surface area contributed by atoms with E-state index < -0.39 is 0 Å². The minimum Gasteiger partial charge on any atom is -0.507 e. The molecule has 1 aliphatic heterocycles. The van der Waals surface area contributed by atoms with Crippen molar-refractivity contribution in [1.29, 1.82) is 5.26 Å². The number of likely N-dealkylation sites (tertiary alicyclic amines) is 1. The zero-order valence-electron chi connectivity index (χ0n) is 10.0. The molecule has 0 unspecified atom stereocenters. The van der Waals surface area contributed by atoms with Gasteiger partial charge < -0.3 is 10.0 Å². The van der Waals surface area contributed by atoms with Gasteiger partial charge in [-0.15, -0.1) is 0 Å². The quantitative estimate of drug-likeness (QED) is 0.817. The van der Waals surface area contributed by atoms with Gasteiger partial charge in [0.05, 0.1) is 5.56 Å². The lowest BCUT2D eigenvalue weighted by Gasteiger charge is -2.55. The molecule has 2 aliphatic rings. The molecule has 92 valence electrons. The van der Waals surface area contributed by atoms with E-state index in [-0.39, 0.29) is 17.2 Å². The molecule has 1 N–H and O–H groups in total. The van der Waals surface area contributed by atoms with E-state index in [1.807, 2.05) is 11.0 Å². The van der Waals surface area contributed by atoms with Crippen LogP contribution in [0.15, 0.2) is 18.2 Å². The number of rotatable bonds is 1. The van der Waals surface area contributed by atoms with Crippen molar-refractivity contribution in [1.82, 2.24) is 4.90 Å². The number of amides is 1. The summed E-state index contributed by atoms with van der Waals surface area (Å²) < 4.78 is 0. The normalized spacial score (nSPS) is 19.8. The summed E-state index contributed by atoms with van der Waals surface area (Å²) in [6.45, 7) is 1.68. The maximum atomic E-state index is 12.2. The highest BCUT2D eigenvalue weighted by atomic mass is 16.3. The van der Waals surface area contributed by atoms with Gasteiger partial charge >= 0.3 is 0 Å². The Labute approximate surface area is 105 Å². The molecular weight excluding hydrogens is 228 g/mol. The van der Waals surface area contributed by atoms with Crippen molar-refractivity contribution in [3.63, 3.8) is 0 Å². The van der Waals surface area contributed by atoms with Gasteiger partial charge in [-0.2, -0.15) is 5.26 Å². The summed E-state index contributed by atoms with van der Waals surface area (Å²) in [7, 11) is 0. The molecule has 0 bridgehead atoms. The van der Waals surface area contributed by atoms with Crippen LogP contribution in [0.1, 0.15) is 35.2 Å². The second kappa shape index (κ2) is 3.74. The van der Waals surface area contributed by atoms with Crippen LogP contribution in [-0.4, -0.2) is 29.0 Å². The summed E-state index contributed by atoms with van der Waals surface area (Å²) in [6.07, 6.45) is 3.74. The van der Waals surface area contributed by atoms with Gasteiger partial charge in [0.1, 0.15) is 11.8 Å². The molecular formula is C14H14N2O2. The number of carbonyl (C=O) groups is 1. The van der Waals surface area contributed by atoms with E-state index in [9.17, 15) is 9.90 Å². The monoisotopic (exact) mass is 242 g/mol. The summed E-state index contributed by atoms with van der Waals surface area (Å²) in [5, 5.41) is 18.2. The molecule has 3 rings (SSSR count). The molecule has 0 aromatic heterocycles. The molecule has 1 aliphatic carbocycles. The van der Waals surface area contributed by atoms with Crippen molar-refractivity contribution in [2.45, 2.75) is 19.3 Å². The molecule has 1 aromatic carbocycles. The smallest absolute Gasteiger partial charge is 0.253 e. The van der Waals surface area contributed by atoms with Crippen molar-refractivity contribution in [2.24, 2.45) is 5.41 Å². The number of hydrogen-bond donors (Lipinski definition) is 1. The fraction of sp³-hybridized carbons (Fsp3) is 0.429. The Balaban J connectivity index is 1.75. The number of benzene rings is 1. The summed E-state index contributed by atoms with van der Waals surface area (Å²) in [5.74, 6) is -0.114. The molecule has 18 heavy (non-hydrogen) atoms. The zero-order valence-corrected chi connectivity index (χ0v) is 10.0. The Morgan fingerprint density at radius 3 is 2.67 bits per heavy atom. The highest BCUT2D eigenvalue weighted by molar-refractivity contribution is 5.95. The molecule has 1 heterocycles. The molecule has 0 radical (unpaired) electrons. The molecule has 1 aromatic rings. The second-order valence-electron chi connectivity index (χ2n) is 5.36. The standard InChI is InChI=1S/C14H14N2O2/c15-7-11-6-10(2-3-12(11)17)13(18)16-8-14(9-16)4-1-5-14/h2-3,6,17H,1,4-5,8-9H2. The van der Waals surface area contributed by atoms with Crippen LogP contribution in [-0.2, 0) is 0 Å². The van der Waals surface area contributed by atoms with Crippen LogP contribution in [0.4, 0.5) is 0 Å². The molecule has 2 fully saturated rings. The Kier molecular flexibility index (Phi) is 2.30. The van der Waals surface area contributed by atoms with Crippen LogP contribution in [0.5, 0.6) is 5.75 Å². The van der Waals surface area contributed by atoms with Gasteiger partial charge in [-0.05, 0) is 31.0 Å². The summed E-state index contributed by atoms with van der Waals surface area (Å²) in [5.41, 5.74) is 1.04. The van der Waals surface area contributed by atoms with Crippen LogP contribution in [0, 0.1) is 16.7 Å². The van der Waals surface area contributed by atoms with Crippen molar-refractivity contribution in [3.8, 4) is 11.8 Å². The lowest BCUT2D eigenvalue weighted by Crippen LogP contribution is -2.61. The van der Waals surface area contributed by atoms with Gasteiger partial charge in [0.15, 0.2) is 0 Å². The molecule has 4 heteroatoms. The summed E-state index contributed by atoms with van der Waals surface area (Å²) >= 11 is 0. The molecule has 1 saturated heterocycles. The number of nitriles is 1. The van der Waals surface area contributed by atoms with Gasteiger partial charge in [-0.3, -0.25) is 4.79 Å². The Morgan fingerprint density at radius 1 is 1.39 bits per heavy atom. The third-order valence-corrected chi connectivity index (χ3v) is 4.12. The highest BCUT2D eigenvalue weighted by Gasteiger charge is 2.48. The van der Waals surface area contributed by atoms with E-state index in [4.69, 9.17) is 5.26 Å². The van der Waals surface area contributed by atoms with E-state index in [1.165, 1.54) is 31.4 Å². The first-order valence-corrected chi connectivity index (χ1v) is 6.16. The number of phenols is 1. The Hall–Kier alpha value is -2.02. The predicted octanol–water partition coefficient (Wildman–Crippen LogP) is 1.89. The van der Waals surface area contributed by atoms with E-state index in [0.29, 0.717) is 11.0 Å². The molecule has 1 amide bonds. The van der Waals surface area contributed by atoms with Crippen LogP contribution in [0.3, 0.4) is 0 Å². The van der Waals surface area contributed by atoms with Crippen molar-refractivity contribution < 1.29 is 9.90 Å². The molecule has 1 saturated carbocycles. The maximum absolute atomic E-state index is 12.2. The molecule has 0 atom stereocenters. The fourth-order valence-electron chi connectivity index (χ4n) is 2.84. The first kappa shape index (κ1) is 11.1. The number of phenolic OH excluding ortho intramolecular Hbond substituents is 1. The number of aromatic hydroxyl groups is 1. The van der Waals surface area contributed by atoms with Gasteiger partial charge in [0, 0.05) is 24.1 Å². The molecule has 1 spiro atoms. The van der Waals surface area contributed by atoms with Gasteiger partial charge in [0.2, 0.25) is 0 Å². The van der Waals surface area contributed by atoms with Crippen LogP contribution in [0.2, 0.25) is 0 Å². The SMILES string of the molecule is N#Cc1cc(C(=O)N2CC3(CCC3)C2)ccc1O. The number of hydrogen-bond acceptors (Lipinski definition) is 3. The van der Waals surface area contributed by atoms with E-state index >= 15 is 0 Å².